The largest absolute Gasteiger partial charge is 0.282 e. The summed E-state index contributed by atoms with van der Waals surface area (Å²) in [5.74, 6) is -0.937. The Hall–Kier alpha value is -3.17. The van der Waals surface area contributed by atoms with Gasteiger partial charge >= 0.3 is 0 Å². The van der Waals surface area contributed by atoms with E-state index in [4.69, 9.17) is 0 Å². The number of benzene rings is 2. The van der Waals surface area contributed by atoms with E-state index in [1.807, 2.05) is 32.0 Å². The third kappa shape index (κ3) is 5.48. The van der Waals surface area contributed by atoms with Crippen molar-refractivity contribution in [2.45, 2.75) is 38.1 Å². The zero-order chi connectivity index (χ0) is 24.3. The van der Waals surface area contributed by atoms with Crippen LogP contribution in [0.25, 0.3) is 10.2 Å². The molecule has 0 saturated heterocycles. The monoisotopic (exact) mass is 497 g/mol. The Bertz CT molecular complexity index is 1380. The molecule has 4 rings (SSSR count). The highest BCUT2D eigenvalue weighted by Crippen LogP contribution is 2.32. The first kappa shape index (κ1) is 24.0. The summed E-state index contributed by atoms with van der Waals surface area (Å²) in [6.07, 6.45) is 1.83. The molecule has 2 heterocycles. The predicted octanol–water partition coefficient (Wildman–Crippen LogP) is 5.23. The molecular weight excluding hydrogens is 473 g/mol. The first-order chi connectivity index (χ1) is 16.2. The van der Waals surface area contributed by atoms with E-state index < -0.39 is 15.7 Å². The summed E-state index contributed by atoms with van der Waals surface area (Å²) in [6, 6.07) is 14.3. The number of anilines is 1. The maximum Gasteiger partial charge on any atom is 0.229 e. The van der Waals surface area contributed by atoms with Crippen LogP contribution in [0.3, 0.4) is 0 Å². The fraction of sp³-hybridized carbons (Fsp3) is 0.240. The molecule has 34 heavy (non-hydrogen) atoms. The molecule has 0 aliphatic carbocycles. The van der Waals surface area contributed by atoms with Crippen molar-refractivity contribution < 1.29 is 17.6 Å². The van der Waals surface area contributed by atoms with E-state index in [0.29, 0.717) is 10.8 Å². The summed E-state index contributed by atoms with van der Waals surface area (Å²) < 4.78 is 39.2. The van der Waals surface area contributed by atoms with Crippen molar-refractivity contribution in [1.82, 2.24) is 9.97 Å². The molecule has 0 unspecified atom stereocenters. The number of hydrogen-bond donors (Lipinski definition) is 0. The summed E-state index contributed by atoms with van der Waals surface area (Å²) in [5, 5.41) is 0.553. The number of aryl methyl sites for hydroxylation is 2. The number of sulfone groups is 1. The van der Waals surface area contributed by atoms with Crippen LogP contribution in [0.15, 0.2) is 65.7 Å². The van der Waals surface area contributed by atoms with E-state index in [-0.39, 0.29) is 35.9 Å². The molecule has 0 aliphatic rings. The van der Waals surface area contributed by atoms with Crippen LogP contribution in [0.4, 0.5) is 9.52 Å². The van der Waals surface area contributed by atoms with Crippen LogP contribution in [0.5, 0.6) is 0 Å². The fourth-order valence-corrected chi connectivity index (χ4v) is 5.88. The lowest BCUT2D eigenvalue weighted by atomic mass is 10.1. The van der Waals surface area contributed by atoms with Crippen molar-refractivity contribution in [3.63, 3.8) is 0 Å². The number of amides is 1. The molecule has 176 valence electrons. The number of hydrogen-bond acceptors (Lipinski definition) is 6. The lowest BCUT2D eigenvalue weighted by Crippen LogP contribution is -2.30. The highest BCUT2D eigenvalue weighted by atomic mass is 32.2. The first-order valence-corrected chi connectivity index (χ1v) is 13.3. The van der Waals surface area contributed by atoms with Crippen LogP contribution in [0.1, 0.15) is 29.7 Å². The van der Waals surface area contributed by atoms with Crippen molar-refractivity contribution in [3.8, 4) is 0 Å². The summed E-state index contributed by atoms with van der Waals surface area (Å²) in [4.78, 5) is 23.9. The quantitative estimate of drug-likeness (QED) is 0.311. The second kappa shape index (κ2) is 9.99. The van der Waals surface area contributed by atoms with Crippen molar-refractivity contribution >= 4 is 42.4 Å². The summed E-state index contributed by atoms with van der Waals surface area (Å²) in [5.41, 5.74) is 3.80. The predicted molar refractivity (Wildman–Crippen MR) is 132 cm³/mol. The molecule has 0 fully saturated rings. The smallest absolute Gasteiger partial charge is 0.229 e. The SMILES string of the molecule is Cc1cc2nc(N(Cc3ccccn3)C(=O)CCCS(=O)(=O)c3ccc(F)cc3)sc2cc1C. The van der Waals surface area contributed by atoms with Gasteiger partial charge in [0.25, 0.3) is 0 Å². The molecule has 0 aliphatic heterocycles. The number of nitrogens with zero attached hydrogens (tertiary/aromatic N) is 3. The minimum Gasteiger partial charge on any atom is -0.282 e. The number of thiazole rings is 1. The van der Waals surface area contributed by atoms with Gasteiger partial charge in [0.2, 0.25) is 5.91 Å². The second-order valence-corrected chi connectivity index (χ2v) is 11.2. The molecule has 2 aromatic carbocycles. The van der Waals surface area contributed by atoms with E-state index in [0.717, 1.165) is 33.5 Å². The zero-order valence-corrected chi connectivity index (χ0v) is 20.5. The maximum absolute atomic E-state index is 13.2. The Morgan fingerprint density at radius 3 is 2.50 bits per heavy atom. The van der Waals surface area contributed by atoms with Gasteiger partial charge in [-0.15, -0.1) is 0 Å². The van der Waals surface area contributed by atoms with Gasteiger partial charge in [-0.1, -0.05) is 17.4 Å². The lowest BCUT2D eigenvalue weighted by molar-refractivity contribution is -0.118. The van der Waals surface area contributed by atoms with Crippen molar-refractivity contribution in [2.24, 2.45) is 0 Å². The van der Waals surface area contributed by atoms with Gasteiger partial charge < -0.3 is 0 Å². The van der Waals surface area contributed by atoms with Gasteiger partial charge in [0.15, 0.2) is 15.0 Å². The molecule has 0 N–H and O–H groups in total. The van der Waals surface area contributed by atoms with Crippen LogP contribution in [0.2, 0.25) is 0 Å². The Kier molecular flexibility index (Phi) is 7.04. The van der Waals surface area contributed by atoms with Gasteiger partial charge in [-0.05, 0) is 79.9 Å². The molecule has 4 aromatic rings. The Balaban J connectivity index is 1.54. The van der Waals surface area contributed by atoms with Gasteiger partial charge in [0, 0.05) is 12.6 Å². The first-order valence-electron chi connectivity index (χ1n) is 10.8. The molecule has 0 saturated carbocycles. The van der Waals surface area contributed by atoms with Gasteiger partial charge in [-0.3, -0.25) is 14.7 Å². The average Bonchev–Trinajstić information content (AvgIpc) is 3.20. The van der Waals surface area contributed by atoms with Gasteiger partial charge in [0.1, 0.15) is 5.82 Å². The second-order valence-electron chi connectivity index (χ2n) is 8.08. The molecule has 1 amide bonds. The highest BCUT2D eigenvalue weighted by molar-refractivity contribution is 7.91. The third-order valence-corrected chi connectivity index (χ3v) is 8.40. The minimum atomic E-state index is -3.61. The zero-order valence-electron chi connectivity index (χ0n) is 18.9. The number of fused-ring (bicyclic) bond motifs is 1. The van der Waals surface area contributed by atoms with Crippen molar-refractivity contribution in [2.75, 3.05) is 10.7 Å². The van der Waals surface area contributed by atoms with E-state index >= 15 is 0 Å². The number of halogens is 1. The molecule has 0 atom stereocenters. The summed E-state index contributed by atoms with van der Waals surface area (Å²) in [7, 11) is -3.61. The van der Waals surface area contributed by atoms with Crippen LogP contribution in [-0.4, -0.2) is 30.0 Å². The van der Waals surface area contributed by atoms with E-state index in [9.17, 15) is 17.6 Å². The molecule has 0 spiro atoms. The standard InChI is InChI=1S/C25H24FN3O3S2/c1-17-14-22-23(15-18(17)2)33-25(28-22)29(16-20-6-3-4-12-27-20)24(30)7-5-13-34(31,32)21-10-8-19(26)9-11-21/h3-4,6,8-12,14-15H,5,7,13,16H2,1-2H3. The third-order valence-electron chi connectivity index (χ3n) is 5.55. The Morgan fingerprint density at radius 2 is 1.79 bits per heavy atom. The fourth-order valence-electron chi connectivity index (χ4n) is 3.51. The molecular formula is C25H24FN3O3S2. The van der Waals surface area contributed by atoms with Crippen LogP contribution in [-0.2, 0) is 21.2 Å². The number of carbonyl (C=O) groups excluding carboxylic acids is 1. The van der Waals surface area contributed by atoms with Gasteiger partial charge in [0.05, 0.1) is 33.1 Å². The van der Waals surface area contributed by atoms with Crippen LogP contribution in [0, 0.1) is 19.7 Å². The van der Waals surface area contributed by atoms with E-state index in [1.54, 1.807) is 17.2 Å². The topological polar surface area (TPSA) is 80.2 Å². The van der Waals surface area contributed by atoms with Crippen LogP contribution < -0.4 is 4.90 Å². The number of pyridine rings is 1. The Morgan fingerprint density at radius 1 is 1.06 bits per heavy atom. The molecule has 6 nitrogen and oxygen atoms in total. The summed E-state index contributed by atoms with van der Waals surface area (Å²) >= 11 is 1.43. The van der Waals surface area contributed by atoms with Crippen LogP contribution >= 0.6 is 11.3 Å². The van der Waals surface area contributed by atoms with Crippen molar-refractivity contribution in [1.29, 1.82) is 0 Å². The number of rotatable bonds is 8. The molecule has 0 bridgehead atoms. The van der Waals surface area contributed by atoms with Crippen molar-refractivity contribution in [3.05, 3.63) is 83.4 Å². The maximum atomic E-state index is 13.2. The Labute approximate surface area is 202 Å². The summed E-state index contributed by atoms with van der Waals surface area (Å²) in [6.45, 7) is 4.29. The van der Waals surface area contributed by atoms with E-state index in [2.05, 4.69) is 16.0 Å². The van der Waals surface area contributed by atoms with E-state index in [1.165, 1.54) is 23.5 Å². The normalized spacial score (nSPS) is 11.6. The molecule has 9 heteroatoms. The minimum absolute atomic E-state index is 0.0290. The number of carbonyl (C=O) groups is 1. The molecule has 2 aromatic heterocycles. The van der Waals surface area contributed by atoms with Gasteiger partial charge in [-0.25, -0.2) is 17.8 Å². The lowest BCUT2D eigenvalue weighted by Gasteiger charge is -2.19. The molecule has 0 radical (unpaired) electrons. The average molecular weight is 498 g/mol. The van der Waals surface area contributed by atoms with Gasteiger partial charge in [-0.2, -0.15) is 0 Å². The number of aromatic nitrogens is 2. The highest BCUT2D eigenvalue weighted by Gasteiger charge is 2.22.